The van der Waals surface area contributed by atoms with Crippen LogP contribution in [0.25, 0.3) is 0 Å². The molecule has 0 heterocycles. The molecule has 1 amide bonds. The second-order valence-electron chi connectivity index (χ2n) is 6.96. The number of hydrogen-bond acceptors (Lipinski definition) is 2. The minimum Gasteiger partial charge on any atom is -0.481 e. The summed E-state index contributed by atoms with van der Waals surface area (Å²) in [4.78, 5) is 12.7. The average Bonchev–Trinajstić information content (AvgIpc) is 2.55. The zero-order valence-corrected chi connectivity index (χ0v) is 16.1. The van der Waals surface area contributed by atoms with Crippen LogP contribution in [-0.2, 0) is 11.2 Å². The molecule has 3 nitrogen and oxygen atoms in total. The lowest BCUT2D eigenvalue weighted by Gasteiger charge is -2.29. The molecule has 134 valence electrons. The molecular weight excluding hydrogens is 334 g/mol. The number of aryl methyl sites for hydroxylation is 1. The number of carbonyl (C=O) groups excluding carboxylic acids is 1. The standard InChI is InChI=1S/C21H26ClNO2/c1-5-19(25-17-11-12-18(22)15(2)13-17)20(24)23-21(3,4)14-16-9-7-6-8-10-16/h6-13,19H,5,14H2,1-4H3,(H,23,24). The van der Waals surface area contributed by atoms with Crippen LogP contribution in [0.4, 0.5) is 0 Å². The first-order chi connectivity index (χ1) is 11.8. The predicted molar refractivity (Wildman–Crippen MR) is 103 cm³/mol. The number of benzene rings is 2. The van der Waals surface area contributed by atoms with Crippen LogP contribution in [0.5, 0.6) is 5.75 Å². The van der Waals surface area contributed by atoms with Crippen molar-refractivity contribution in [1.82, 2.24) is 5.32 Å². The highest BCUT2D eigenvalue weighted by Crippen LogP contribution is 2.23. The SMILES string of the molecule is CCC(Oc1ccc(Cl)c(C)c1)C(=O)NC(C)(C)Cc1ccccc1. The molecule has 1 atom stereocenters. The maximum Gasteiger partial charge on any atom is 0.261 e. The quantitative estimate of drug-likeness (QED) is 0.760. The van der Waals surface area contributed by atoms with Gasteiger partial charge in [0.1, 0.15) is 5.75 Å². The van der Waals surface area contributed by atoms with Gasteiger partial charge in [0, 0.05) is 10.6 Å². The molecule has 1 unspecified atom stereocenters. The average molecular weight is 360 g/mol. The first-order valence-corrected chi connectivity index (χ1v) is 8.97. The van der Waals surface area contributed by atoms with Crippen LogP contribution in [-0.4, -0.2) is 17.6 Å². The van der Waals surface area contributed by atoms with Crippen molar-refractivity contribution in [2.45, 2.75) is 52.2 Å². The summed E-state index contributed by atoms with van der Waals surface area (Å²) in [5.74, 6) is 0.556. The molecule has 0 fully saturated rings. The lowest BCUT2D eigenvalue weighted by molar-refractivity contribution is -0.129. The molecule has 2 rings (SSSR count). The van der Waals surface area contributed by atoms with E-state index >= 15 is 0 Å². The van der Waals surface area contributed by atoms with Crippen molar-refractivity contribution in [3.63, 3.8) is 0 Å². The molecule has 2 aromatic carbocycles. The fourth-order valence-electron chi connectivity index (χ4n) is 2.74. The fraction of sp³-hybridized carbons (Fsp3) is 0.381. The molecule has 4 heteroatoms. The topological polar surface area (TPSA) is 38.3 Å². The van der Waals surface area contributed by atoms with Gasteiger partial charge in [-0.1, -0.05) is 48.9 Å². The predicted octanol–water partition coefficient (Wildman–Crippen LogP) is 4.94. The molecule has 0 aliphatic heterocycles. The molecule has 0 aliphatic carbocycles. The van der Waals surface area contributed by atoms with Gasteiger partial charge in [0.15, 0.2) is 6.10 Å². The van der Waals surface area contributed by atoms with Gasteiger partial charge in [-0.05, 0) is 62.9 Å². The highest BCUT2D eigenvalue weighted by Gasteiger charge is 2.26. The maximum absolute atomic E-state index is 12.7. The van der Waals surface area contributed by atoms with E-state index < -0.39 is 6.10 Å². The minimum absolute atomic E-state index is 0.101. The summed E-state index contributed by atoms with van der Waals surface area (Å²) in [7, 11) is 0. The monoisotopic (exact) mass is 359 g/mol. The summed E-state index contributed by atoms with van der Waals surface area (Å²) in [6, 6.07) is 15.6. The number of ether oxygens (including phenoxy) is 1. The number of carbonyl (C=O) groups is 1. The Morgan fingerprint density at radius 1 is 1.20 bits per heavy atom. The van der Waals surface area contributed by atoms with E-state index in [1.165, 1.54) is 5.56 Å². The summed E-state index contributed by atoms with van der Waals surface area (Å²) >= 11 is 6.04. The molecule has 0 aromatic heterocycles. The molecule has 2 aromatic rings. The van der Waals surface area contributed by atoms with Gasteiger partial charge in [-0.2, -0.15) is 0 Å². The molecule has 1 N–H and O–H groups in total. The van der Waals surface area contributed by atoms with Crippen LogP contribution in [0, 0.1) is 6.92 Å². The summed E-state index contributed by atoms with van der Waals surface area (Å²) in [5.41, 5.74) is 1.76. The van der Waals surface area contributed by atoms with E-state index in [-0.39, 0.29) is 11.4 Å². The first-order valence-electron chi connectivity index (χ1n) is 8.59. The number of rotatable bonds is 7. The number of hydrogen-bond donors (Lipinski definition) is 1. The van der Waals surface area contributed by atoms with Crippen LogP contribution in [0.1, 0.15) is 38.3 Å². The molecule has 25 heavy (non-hydrogen) atoms. The van der Waals surface area contributed by atoms with Crippen molar-refractivity contribution in [1.29, 1.82) is 0 Å². The number of amides is 1. The van der Waals surface area contributed by atoms with E-state index in [4.69, 9.17) is 16.3 Å². The third-order valence-electron chi connectivity index (χ3n) is 4.02. The largest absolute Gasteiger partial charge is 0.481 e. The van der Waals surface area contributed by atoms with E-state index in [9.17, 15) is 4.79 Å². The van der Waals surface area contributed by atoms with Gasteiger partial charge in [0.25, 0.3) is 5.91 Å². The van der Waals surface area contributed by atoms with Gasteiger partial charge in [0.2, 0.25) is 0 Å². The second kappa shape index (κ2) is 8.39. The van der Waals surface area contributed by atoms with Gasteiger partial charge >= 0.3 is 0 Å². The van der Waals surface area contributed by atoms with Crippen molar-refractivity contribution in [3.8, 4) is 5.75 Å². The highest BCUT2D eigenvalue weighted by molar-refractivity contribution is 6.31. The molecule has 0 saturated heterocycles. The Morgan fingerprint density at radius 2 is 1.88 bits per heavy atom. The first kappa shape index (κ1) is 19.3. The minimum atomic E-state index is -0.532. The lowest BCUT2D eigenvalue weighted by Crippen LogP contribution is -2.50. The maximum atomic E-state index is 12.7. The van der Waals surface area contributed by atoms with E-state index in [0.29, 0.717) is 17.2 Å². The molecular formula is C21H26ClNO2. The molecule has 0 saturated carbocycles. The van der Waals surface area contributed by atoms with Crippen molar-refractivity contribution in [2.75, 3.05) is 0 Å². The van der Waals surface area contributed by atoms with Gasteiger partial charge in [-0.3, -0.25) is 4.79 Å². The van der Waals surface area contributed by atoms with E-state index in [1.807, 2.05) is 52.0 Å². The van der Waals surface area contributed by atoms with Crippen LogP contribution in [0.15, 0.2) is 48.5 Å². The Hall–Kier alpha value is -2.00. The van der Waals surface area contributed by atoms with Gasteiger partial charge < -0.3 is 10.1 Å². The fourth-order valence-corrected chi connectivity index (χ4v) is 2.86. The van der Waals surface area contributed by atoms with Crippen molar-refractivity contribution < 1.29 is 9.53 Å². The summed E-state index contributed by atoms with van der Waals surface area (Å²) in [6.07, 6.45) is 0.820. The van der Waals surface area contributed by atoms with Crippen molar-refractivity contribution in [2.24, 2.45) is 0 Å². The van der Waals surface area contributed by atoms with E-state index in [1.54, 1.807) is 12.1 Å². The molecule has 0 bridgehead atoms. The van der Waals surface area contributed by atoms with Crippen LogP contribution in [0.2, 0.25) is 5.02 Å². The molecule has 0 radical (unpaired) electrons. The molecule has 0 aliphatic rings. The van der Waals surface area contributed by atoms with Crippen LogP contribution >= 0.6 is 11.6 Å². The van der Waals surface area contributed by atoms with Crippen molar-refractivity contribution in [3.05, 3.63) is 64.7 Å². The number of nitrogens with one attached hydrogen (secondary N) is 1. The second-order valence-corrected chi connectivity index (χ2v) is 7.37. The highest BCUT2D eigenvalue weighted by atomic mass is 35.5. The van der Waals surface area contributed by atoms with Crippen LogP contribution in [0.3, 0.4) is 0 Å². The Kier molecular flexibility index (Phi) is 6.49. The molecule has 0 spiro atoms. The lowest BCUT2D eigenvalue weighted by atomic mass is 9.94. The number of halogens is 1. The third-order valence-corrected chi connectivity index (χ3v) is 4.45. The van der Waals surface area contributed by atoms with Crippen molar-refractivity contribution >= 4 is 17.5 Å². The van der Waals surface area contributed by atoms with Gasteiger partial charge in [0.05, 0.1) is 0 Å². The van der Waals surface area contributed by atoms with Gasteiger partial charge in [-0.15, -0.1) is 0 Å². The Bertz CT molecular complexity index is 713. The smallest absolute Gasteiger partial charge is 0.261 e. The summed E-state index contributed by atoms with van der Waals surface area (Å²) < 4.78 is 5.89. The van der Waals surface area contributed by atoms with Gasteiger partial charge in [-0.25, -0.2) is 0 Å². The Morgan fingerprint density at radius 3 is 2.48 bits per heavy atom. The van der Waals surface area contributed by atoms with E-state index in [0.717, 1.165) is 12.0 Å². The van der Waals surface area contributed by atoms with E-state index in [2.05, 4.69) is 17.4 Å². The Balaban J connectivity index is 2.02. The third kappa shape index (κ3) is 5.79. The summed E-state index contributed by atoms with van der Waals surface area (Å²) in [5, 5.41) is 3.80. The summed E-state index contributed by atoms with van der Waals surface area (Å²) in [6.45, 7) is 7.91. The Labute approximate surface area is 155 Å². The van der Waals surface area contributed by atoms with Crippen LogP contribution < -0.4 is 10.1 Å². The zero-order valence-electron chi connectivity index (χ0n) is 15.3. The normalized spacial score (nSPS) is 12.5. The zero-order chi connectivity index (χ0) is 18.4.